The van der Waals surface area contributed by atoms with Gasteiger partial charge < -0.3 is 20.5 Å². The van der Waals surface area contributed by atoms with Crippen LogP contribution in [0.5, 0.6) is 5.75 Å². The maximum atomic E-state index is 12.4. The number of fused-ring (bicyclic) bond motifs is 1. The number of anilines is 1. The summed E-state index contributed by atoms with van der Waals surface area (Å²) in [5, 5.41) is 25.3. The minimum atomic E-state index is -0.976. The van der Waals surface area contributed by atoms with Crippen LogP contribution in [0.1, 0.15) is 31.0 Å². The number of nitrogens with one attached hydrogen (secondary N) is 2. The summed E-state index contributed by atoms with van der Waals surface area (Å²) in [5.41, 5.74) is 0.775. The summed E-state index contributed by atoms with van der Waals surface area (Å²) in [6.07, 6.45) is -0.976. The van der Waals surface area contributed by atoms with E-state index in [0.29, 0.717) is 22.6 Å². The smallest absolute Gasteiger partial charge is 0.319 e. The van der Waals surface area contributed by atoms with Crippen LogP contribution in [0, 0.1) is 11.3 Å². The van der Waals surface area contributed by atoms with E-state index >= 15 is 0 Å². The Kier molecular flexibility index (Phi) is 4.34. The van der Waals surface area contributed by atoms with Gasteiger partial charge in [-0.05, 0) is 44.2 Å². The highest BCUT2D eigenvalue weighted by Crippen LogP contribution is 2.40. The average Bonchev–Trinajstić information content (AvgIpc) is 2.59. The van der Waals surface area contributed by atoms with E-state index in [1.54, 1.807) is 44.2 Å². The number of nitriles is 1. The maximum Gasteiger partial charge on any atom is 0.319 e. The number of carbonyl (C=O) groups excluding carboxylic acids is 1. The quantitative estimate of drug-likeness (QED) is 0.785. The number of nitrogens with zero attached hydrogens (tertiary/aromatic N) is 1. The molecule has 25 heavy (non-hydrogen) atoms. The first kappa shape index (κ1) is 16.8. The fourth-order valence-electron chi connectivity index (χ4n) is 2.86. The van der Waals surface area contributed by atoms with E-state index in [9.17, 15) is 9.90 Å². The molecule has 0 aromatic heterocycles. The van der Waals surface area contributed by atoms with Crippen molar-refractivity contribution in [3.63, 3.8) is 0 Å². The van der Waals surface area contributed by atoms with Crippen molar-refractivity contribution in [2.45, 2.75) is 31.6 Å². The number of amides is 2. The van der Waals surface area contributed by atoms with Gasteiger partial charge in [-0.15, -0.1) is 0 Å². The van der Waals surface area contributed by atoms with E-state index in [1.165, 1.54) is 0 Å². The number of ether oxygens (including phenoxy) is 1. The van der Waals surface area contributed by atoms with Crippen molar-refractivity contribution in [3.05, 3.63) is 59.7 Å². The molecule has 6 heteroatoms. The van der Waals surface area contributed by atoms with Crippen molar-refractivity contribution in [1.29, 1.82) is 5.26 Å². The van der Waals surface area contributed by atoms with Crippen LogP contribution in [0.15, 0.2) is 48.5 Å². The molecular formula is C19H19N3O3. The Hall–Kier alpha value is -3.04. The van der Waals surface area contributed by atoms with Gasteiger partial charge >= 0.3 is 6.03 Å². The first-order valence-corrected chi connectivity index (χ1v) is 7.94. The third-order valence-corrected chi connectivity index (χ3v) is 4.19. The van der Waals surface area contributed by atoms with Crippen molar-refractivity contribution in [1.82, 2.24) is 5.32 Å². The van der Waals surface area contributed by atoms with Gasteiger partial charge in [0, 0.05) is 11.3 Å². The monoisotopic (exact) mass is 337 g/mol. The summed E-state index contributed by atoms with van der Waals surface area (Å²) >= 11 is 0. The standard InChI is InChI=1S/C19H19N3O3/c1-19(2)17(23)16(14-10-12(11-20)8-9-15(14)25-19)22-18(24)21-13-6-4-3-5-7-13/h3-10,16-17,23H,1-2H3,(H2,21,22,24)/t16-,17-/m0/s1. The van der Waals surface area contributed by atoms with Crippen LogP contribution in [0.25, 0.3) is 0 Å². The molecule has 0 saturated heterocycles. The van der Waals surface area contributed by atoms with Gasteiger partial charge in [0.05, 0.1) is 17.7 Å². The molecular weight excluding hydrogens is 318 g/mol. The molecule has 3 N–H and O–H groups in total. The predicted molar refractivity (Wildman–Crippen MR) is 93.2 cm³/mol. The van der Waals surface area contributed by atoms with Crippen LogP contribution >= 0.6 is 0 Å². The normalized spacial score (nSPS) is 20.6. The third kappa shape index (κ3) is 3.42. The number of aliphatic hydroxyl groups is 1. The number of hydrogen-bond donors (Lipinski definition) is 3. The third-order valence-electron chi connectivity index (χ3n) is 4.19. The Morgan fingerprint density at radius 3 is 2.64 bits per heavy atom. The Labute approximate surface area is 146 Å². The molecule has 0 bridgehead atoms. The highest BCUT2D eigenvalue weighted by molar-refractivity contribution is 5.89. The molecule has 1 aliphatic heterocycles. The molecule has 1 heterocycles. The second-order valence-electron chi connectivity index (χ2n) is 6.46. The van der Waals surface area contributed by atoms with Gasteiger partial charge in [0.15, 0.2) is 0 Å². The van der Waals surface area contributed by atoms with Gasteiger partial charge in [0.1, 0.15) is 17.5 Å². The molecule has 0 radical (unpaired) electrons. The van der Waals surface area contributed by atoms with Crippen molar-refractivity contribution >= 4 is 11.7 Å². The summed E-state index contributed by atoms with van der Waals surface area (Å²) in [6, 6.07) is 14.9. The number of benzene rings is 2. The van der Waals surface area contributed by atoms with Crippen LogP contribution in [0.3, 0.4) is 0 Å². The summed E-state index contributed by atoms with van der Waals surface area (Å²) in [4.78, 5) is 12.4. The number of rotatable bonds is 2. The van der Waals surface area contributed by atoms with Crippen LogP contribution in [0.4, 0.5) is 10.5 Å². The molecule has 2 atom stereocenters. The van der Waals surface area contributed by atoms with Gasteiger partial charge in [0.2, 0.25) is 0 Å². The second kappa shape index (κ2) is 6.46. The average molecular weight is 337 g/mol. The summed E-state index contributed by atoms with van der Waals surface area (Å²) < 4.78 is 5.83. The lowest BCUT2D eigenvalue weighted by atomic mass is 9.86. The fourth-order valence-corrected chi connectivity index (χ4v) is 2.86. The number of hydrogen-bond acceptors (Lipinski definition) is 4. The highest BCUT2D eigenvalue weighted by atomic mass is 16.5. The Balaban J connectivity index is 1.88. The van der Waals surface area contributed by atoms with Crippen LogP contribution in [0.2, 0.25) is 0 Å². The molecule has 0 saturated carbocycles. The van der Waals surface area contributed by atoms with E-state index in [1.807, 2.05) is 18.2 Å². The molecule has 2 aromatic carbocycles. The van der Waals surface area contributed by atoms with E-state index < -0.39 is 23.8 Å². The van der Waals surface area contributed by atoms with Crippen molar-refractivity contribution < 1.29 is 14.6 Å². The lowest BCUT2D eigenvalue weighted by molar-refractivity contribution is -0.0618. The summed E-state index contributed by atoms with van der Waals surface area (Å²) in [5.74, 6) is 0.541. The molecule has 0 fully saturated rings. The number of carbonyl (C=O) groups is 1. The zero-order valence-electron chi connectivity index (χ0n) is 14.0. The first-order valence-electron chi connectivity index (χ1n) is 7.94. The van der Waals surface area contributed by atoms with Crippen LogP contribution < -0.4 is 15.4 Å². The molecule has 0 aliphatic carbocycles. The lowest BCUT2D eigenvalue weighted by Gasteiger charge is -2.42. The van der Waals surface area contributed by atoms with E-state index in [-0.39, 0.29) is 0 Å². The molecule has 6 nitrogen and oxygen atoms in total. The van der Waals surface area contributed by atoms with E-state index in [2.05, 4.69) is 16.7 Å². The largest absolute Gasteiger partial charge is 0.485 e. The molecule has 3 rings (SSSR count). The maximum absolute atomic E-state index is 12.4. The van der Waals surface area contributed by atoms with Crippen LogP contribution in [-0.4, -0.2) is 22.8 Å². The Morgan fingerprint density at radius 1 is 1.24 bits per heavy atom. The first-order chi connectivity index (χ1) is 11.9. The number of para-hydroxylation sites is 1. The van der Waals surface area contributed by atoms with E-state index in [4.69, 9.17) is 10.00 Å². The summed E-state index contributed by atoms with van der Waals surface area (Å²) in [7, 11) is 0. The van der Waals surface area contributed by atoms with Crippen molar-refractivity contribution in [2.24, 2.45) is 0 Å². The minimum absolute atomic E-state index is 0.435. The van der Waals surface area contributed by atoms with Gasteiger partial charge in [0.25, 0.3) is 0 Å². The zero-order chi connectivity index (χ0) is 18.0. The molecule has 2 aromatic rings. The molecule has 0 unspecified atom stereocenters. The number of aliphatic hydroxyl groups excluding tert-OH is 1. The Morgan fingerprint density at radius 2 is 1.96 bits per heavy atom. The van der Waals surface area contributed by atoms with Gasteiger partial charge in [-0.1, -0.05) is 18.2 Å². The fraction of sp³-hybridized carbons (Fsp3) is 0.263. The SMILES string of the molecule is CC1(C)Oc2ccc(C#N)cc2[C@H](NC(=O)Nc2ccccc2)[C@@H]1O. The number of urea groups is 1. The predicted octanol–water partition coefficient (Wildman–Crippen LogP) is 2.95. The van der Waals surface area contributed by atoms with Gasteiger partial charge in [-0.25, -0.2) is 4.79 Å². The second-order valence-corrected chi connectivity index (χ2v) is 6.46. The highest BCUT2D eigenvalue weighted by Gasteiger charge is 2.43. The molecule has 2 amide bonds. The van der Waals surface area contributed by atoms with Crippen LogP contribution in [-0.2, 0) is 0 Å². The molecule has 128 valence electrons. The van der Waals surface area contributed by atoms with Crippen molar-refractivity contribution in [3.8, 4) is 11.8 Å². The Bertz CT molecular complexity index is 828. The lowest BCUT2D eigenvalue weighted by Crippen LogP contribution is -2.54. The minimum Gasteiger partial charge on any atom is -0.485 e. The molecule has 1 aliphatic rings. The molecule has 0 spiro atoms. The van der Waals surface area contributed by atoms with Crippen molar-refractivity contribution in [2.75, 3.05) is 5.32 Å². The van der Waals surface area contributed by atoms with Gasteiger partial charge in [-0.2, -0.15) is 5.26 Å². The topological polar surface area (TPSA) is 94.4 Å². The summed E-state index contributed by atoms with van der Waals surface area (Å²) in [6.45, 7) is 3.51. The van der Waals surface area contributed by atoms with E-state index in [0.717, 1.165) is 0 Å². The van der Waals surface area contributed by atoms with Gasteiger partial charge in [-0.3, -0.25) is 0 Å². The zero-order valence-corrected chi connectivity index (χ0v) is 14.0.